The zero-order chi connectivity index (χ0) is 14.1. The van der Waals surface area contributed by atoms with Crippen LogP contribution in [-0.2, 0) is 0 Å². The standard InChI is InChI=1S/C14H18N2O2S/c1-16(8-10-19-2)14(18)13-6-7-15-11-12(13)5-3-4-9-17/h6-7,11,17H,4,8-10H2,1-2H3. The van der Waals surface area contributed by atoms with E-state index in [9.17, 15) is 4.79 Å². The second-order valence-electron chi connectivity index (χ2n) is 3.92. The third kappa shape index (κ3) is 4.93. The molecule has 5 heteroatoms. The molecule has 0 saturated heterocycles. The molecule has 0 aliphatic rings. The zero-order valence-corrected chi connectivity index (χ0v) is 12.0. The minimum Gasteiger partial charge on any atom is -0.395 e. The van der Waals surface area contributed by atoms with Gasteiger partial charge in [0.1, 0.15) is 0 Å². The van der Waals surface area contributed by atoms with Gasteiger partial charge >= 0.3 is 0 Å². The first-order valence-corrected chi connectivity index (χ1v) is 7.38. The van der Waals surface area contributed by atoms with Crippen LogP contribution in [0.15, 0.2) is 18.5 Å². The Hall–Kier alpha value is -1.51. The molecule has 0 aromatic carbocycles. The molecule has 4 nitrogen and oxygen atoms in total. The summed E-state index contributed by atoms with van der Waals surface area (Å²) in [5.74, 6) is 6.55. The molecule has 1 aromatic rings. The van der Waals surface area contributed by atoms with Gasteiger partial charge in [0, 0.05) is 38.2 Å². The molecule has 0 aliphatic heterocycles. The Bertz CT molecular complexity index is 480. The highest BCUT2D eigenvalue weighted by atomic mass is 32.2. The van der Waals surface area contributed by atoms with Crippen LogP contribution < -0.4 is 0 Å². The fourth-order valence-electron chi connectivity index (χ4n) is 1.43. The first-order chi connectivity index (χ1) is 9.20. The molecule has 0 fully saturated rings. The number of nitrogens with zero attached hydrogens (tertiary/aromatic N) is 2. The average Bonchev–Trinajstić information content (AvgIpc) is 2.44. The van der Waals surface area contributed by atoms with Crippen molar-refractivity contribution in [3.63, 3.8) is 0 Å². The Kier molecular flexibility index (Phi) is 7.01. The lowest BCUT2D eigenvalue weighted by Gasteiger charge is -2.17. The van der Waals surface area contributed by atoms with E-state index in [1.54, 1.807) is 42.2 Å². The fourth-order valence-corrected chi connectivity index (χ4v) is 1.89. The average molecular weight is 278 g/mol. The number of carbonyl (C=O) groups excluding carboxylic acids is 1. The Morgan fingerprint density at radius 2 is 2.37 bits per heavy atom. The predicted molar refractivity (Wildman–Crippen MR) is 78.2 cm³/mol. The summed E-state index contributed by atoms with van der Waals surface area (Å²) in [6.45, 7) is 0.718. The highest BCUT2D eigenvalue weighted by Gasteiger charge is 2.14. The molecule has 102 valence electrons. The van der Waals surface area contributed by atoms with Crippen LogP contribution in [0.25, 0.3) is 0 Å². The number of amides is 1. The van der Waals surface area contributed by atoms with Gasteiger partial charge in [0.05, 0.1) is 17.7 Å². The maximum Gasteiger partial charge on any atom is 0.255 e. The number of pyridine rings is 1. The van der Waals surface area contributed by atoms with Gasteiger partial charge in [0.2, 0.25) is 0 Å². The van der Waals surface area contributed by atoms with Gasteiger partial charge in [-0.1, -0.05) is 11.8 Å². The van der Waals surface area contributed by atoms with Crippen molar-refractivity contribution in [1.82, 2.24) is 9.88 Å². The van der Waals surface area contributed by atoms with Crippen molar-refractivity contribution in [2.75, 3.05) is 32.2 Å². The van der Waals surface area contributed by atoms with Crippen molar-refractivity contribution < 1.29 is 9.90 Å². The Morgan fingerprint density at radius 3 is 3.05 bits per heavy atom. The normalized spacial score (nSPS) is 9.63. The molecule has 0 bridgehead atoms. The summed E-state index contributed by atoms with van der Waals surface area (Å²) in [4.78, 5) is 17.9. The van der Waals surface area contributed by atoms with E-state index >= 15 is 0 Å². The maximum atomic E-state index is 12.3. The van der Waals surface area contributed by atoms with Crippen molar-refractivity contribution in [3.8, 4) is 11.8 Å². The van der Waals surface area contributed by atoms with Gasteiger partial charge in [-0.3, -0.25) is 9.78 Å². The van der Waals surface area contributed by atoms with Crippen LogP contribution in [0.2, 0.25) is 0 Å². The van der Waals surface area contributed by atoms with Crippen LogP contribution in [0.1, 0.15) is 22.3 Å². The maximum absolute atomic E-state index is 12.3. The highest BCUT2D eigenvalue weighted by Crippen LogP contribution is 2.09. The lowest BCUT2D eigenvalue weighted by atomic mass is 10.1. The topological polar surface area (TPSA) is 53.4 Å². The summed E-state index contributed by atoms with van der Waals surface area (Å²) in [7, 11) is 1.78. The van der Waals surface area contributed by atoms with E-state index in [-0.39, 0.29) is 12.5 Å². The second kappa shape index (κ2) is 8.57. The van der Waals surface area contributed by atoms with E-state index in [1.165, 1.54) is 0 Å². The number of hydrogen-bond donors (Lipinski definition) is 1. The number of aliphatic hydroxyl groups excluding tert-OH is 1. The molecule has 0 radical (unpaired) electrons. The molecule has 1 heterocycles. The van der Waals surface area contributed by atoms with Gasteiger partial charge in [-0.15, -0.1) is 0 Å². The molecule has 1 N–H and O–H groups in total. The molecule has 1 rings (SSSR count). The van der Waals surface area contributed by atoms with Crippen LogP contribution in [0.3, 0.4) is 0 Å². The minimum absolute atomic E-state index is 0.0180. The molecule has 1 amide bonds. The van der Waals surface area contributed by atoms with Crippen LogP contribution in [0, 0.1) is 11.8 Å². The second-order valence-corrected chi connectivity index (χ2v) is 4.90. The summed E-state index contributed by atoms with van der Waals surface area (Å²) < 4.78 is 0. The quantitative estimate of drug-likeness (QED) is 0.824. The molecule has 1 aromatic heterocycles. The van der Waals surface area contributed by atoms with E-state index in [0.29, 0.717) is 24.1 Å². The van der Waals surface area contributed by atoms with Crippen molar-refractivity contribution in [3.05, 3.63) is 29.6 Å². The molecule has 0 aliphatic carbocycles. The number of carbonyl (C=O) groups is 1. The number of rotatable bonds is 5. The molecule has 0 spiro atoms. The first kappa shape index (κ1) is 15.5. The third-order valence-electron chi connectivity index (χ3n) is 2.49. The number of aliphatic hydroxyl groups is 1. The van der Waals surface area contributed by atoms with Gasteiger partial charge in [0.25, 0.3) is 5.91 Å². The van der Waals surface area contributed by atoms with Crippen molar-refractivity contribution in [1.29, 1.82) is 0 Å². The minimum atomic E-state index is -0.0512. The Balaban J connectivity index is 2.88. The van der Waals surface area contributed by atoms with Gasteiger partial charge in [0.15, 0.2) is 0 Å². The van der Waals surface area contributed by atoms with E-state index in [4.69, 9.17) is 5.11 Å². The summed E-state index contributed by atoms with van der Waals surface area (Å²) in [5, 5.41) is 8.71. The van der Waals surface area contributed by atoms with Crippen LogP contribution >= 0.6 is 11.8 Å². The lowest BCUT2D eigenvalue weighted by Crippen LogP contribution is -2.29. The number of aromatic nitrogens is 1. The van der Waals surface area contributed by atoms with Crippen molar-refractivity contribution in [2.45, 2.75) is 6.42 Å². The van der Waals surface area contributed by atoms with Crippen LogP contribution in [0.5, 0.6) is 0 Å². The molecule has 19 heavy (non-hydrogen) atoms. The van der Waals surface area contributed by atoms with E-state index in [0.717, 1.165) is 5.75 Å². The first-order valence-electron chi connectivity index (χ1n) is 5.98. The molecular formula is C14H18N2O2S. The third-order valence-corrected chi connectivity index (χ3v) is 3.08. The van der Waals surface area contributed by atoms with Crippen LogP contribution in [0.4, 0.5) is 0 Å². The summed E-state index contributed by atoms with van der Waals surface area (Å²) in [6, 6.07) is 1.68. The van der Waals surface area contributed by atoms with Crippen molar-refractivity contribution >= 4 is 17.7 Å². The van der Waals surface area contributed by atoms with Gasteiger partial charge in [-0.25, -0.2) is 0 Å². The SMILES string of the molecule is CSCCN(C)C(=O)c1ccncc1C#CCCO. The monoisotopic (exact) mass is 278 g/mol. The molecule has 0 atom stereocenters. The zero-order valence-electron chi connectivity index (χ0n) is 11.2. The summed E-state index contributed by atoms with van der Waals surface area (Å²) >= 11 is 1.70. The van der Waals surface area contributed by atoms with Gasteiger partial charge in [-0.05, 0) is 12.3 Å². The molecular weight excluding hydrogens is 260 g/mol. The van der Waals surface area contributed by atoms with Gasteiger partial charge in [-0.2, -0.15) is 11.8 Å². The highest BCUT2D eigenvalue weighted by molar-refractivity contribution is 7.98. The van der Waals surface area contributed by atoms with Crippen LogP contribution in [-0.4, -0.2) is 53.1 Å². The van der Waals surface area contributed by atoms with Crippen molar-refractivity contribution in [2.24, 2.45) is 0 Å². The number of thioether (sulfide) groups is 1. The number of hydrogen-bond acceptors (Lipinski definition) is 4. The largest absolute Gasteiger partial charge is 0.395 e. The summed E-state index contributed by atoms with van der Waals surface area (Å²) in [6.07, 6.45) is 5.58. The lowest BCUT2D eigenvalue weighted by molar-refractivity contribution is 0.0803. The van der Waals surface area contributed by atoms with E-state index in [2.05, 4.69) is 16.8 Å². The summed E-state index contributed by atoms with van der Waals surface area (Å²) in [5.41, 5.74) is 1.17. The smallest absolute Gasteiger partial charge is 0.255 e. The fraction of sp³-hybridized carbons (Fsp3) is 0.429. The van der Waals surface area contributed by atoms with E-state index in [1.807, 2.05) is 6.26 Å². The van der Waals surface area contributed by atoms with E-state index < -0.39 is 0 Å². The molecule has 0 saturated carbocycles. The van der Waals surface area contributed by atoms with Gasteiger partial charge < -0.3 is 10.0 Å². The molecule has 0 unspecified atom stereocenters. The predicted octanol–water partition coefficient (Wildman–Crippen LogP) is 1.25. The Morgan fingerprint density at radius 1 is 1.58 bits per heavy atom. The Labute approximate surface area is 118 Å².